The van der Waals surface area contributed by atoms with E-state index in [9.17, 15) is 4.39 Å². The molecule has 0 aliphatic carbocycles. The number of piperidine rings is 1. The van der Waals surface area contributed by atoms with Crippen molar-refractivity contribution in [1.29, 1.82) is 0 Å². The Morgan fingerprint density at radius 1 is 0.972 bits per heavy atom. The molecule has 5 aromatic rings. The van der Waals surface area contributed by atoms with Gasteiger partial charge in [-0.1, -0.05) is 24.3 Å². The average Bonchev–Trinajstić information content (AvgIpc) is 3.28. The molecule has 0 amide bonds. The number of anilines is 1. The van der Waals surface area contributed by atoms with E-state index < -0.39 is 5.82 Å². The number of hydrogen-bond donors (Lipinski definition) is 1. The van der Waals surface area contributed by atoms with Crippen LogP contribution in [0.25, 0.3) is 49.0 Å². The topological polar surface area (TPSA) is 77.2 Å². The quantitative estimate of drug-likeness (QED) is 0.349. The molecule has 7 nitrogen and oxygen atoms in total. The molecule has 6 rings (SSSR count). The molecule has 36 heavy (non-hydrogen) atoms. The second-order valence-corrected chi connectivity index (χ2v) is 9.25. The lowest BCUT2D eigenvalue weighted by molar-refractivity contribution is 0.496. The molecule has 0 atom stereocenters. The second-order valence-electron chi connectivity index (χ2n) is 9.25. The molecule has 1 fully saturated rings. The highest BCUT2D eigenvalue weighted by Crippen LogP contribution is 2.34. The molecular formula is C28H24FN7. The second kappa shape index (κ2) is 8.70. The summed E-state index contributed by atoms with van der Waals surface area (Å²) in [7, 11) is 1.92. The predicted molar refractivity (Wildman–Crippen MR) is 140 cm³/mol. The summed E-state index contributed by atoms with van der Waals surface area (Å²) >= 11 is 0. The number of hydrogen-bond acceptors (Lipinski definition) is 5. The van der Waals surface area contributed by atoms with Crippen LogP contribution in [0, 0.1) is 12.4 Å². The van der Waals surface area contributed by atoms with Gasteiger partial charge < -0.3 is 10.6 Å². The van der Waals surface area contributed by atoms with Gasteiger partial charge >= 0.3 is 0 Å². The zero-order valence-corrected chi connectivity index (χ0v) is 19.8. The third-order valence-electron chi connectivity index (χ3n) is 6.93. The van der Waals surface area contributed by atoms with E-state index in [1.54, 1.807) is 6.07 Å². The van der Waals surface area contributed by atoms with E-state index >= 15 is 0 Å². The summed E-state index contributed by atoms with van der Waals surface area (Å²) in [6, 6.07) is 17.2. The van der Waals surface area contributed by atoms with Crippen LogP contribution in [-0.2, 0) is 7.05 Å². The summed E-state index contributed by atoms with van der Waals surface area (Å²) in [5.74, 6) is 0.0570. The van der Waals surface area contributed by atoms with E-state index in [0.29, 0.717) is 17.2 Å². The predicted octanol–water partition coefficient (Wildman–Crippen LogP) is 5.47. The Morgan fingerprint density at radius 3 is 2.50 bits per heavy atom. The lowest BCUT2D eigenvalue weighted by atomic mass is 9.99. The lowest BCUT2D eigenvalue weighted by Crippen LogP contribution is -2.40. The molecule has 0 bridgehead atoms. The maximum absolute atomic E-state index is 14.6. The van der Waals surface area contributed by atoms with Crippen molar-refractivity contribution >= 4 is 33.4 Å². The van der Waals surface area contributed by atoms with Crippen LogP contribution in [0.15, 0.2) is 60.8 Å². The molecule has 178 valence electrons. The molecule has 0 saturated carbocycles. The van der Waals surface area contributed by atoms with Crippen molar-refractivity contribution in [3.8, 4) is 22.4 Å². The zero-order valence-electron chi connectivity index (χ0n) is 19.8. The molecular weight excluding hydrogens is 453 g/mol. The molecule has 0 radical (unpaired) electrons. The first kappa shape index (κ1) is 22.1. The molecule has 1 aliphatic rings. The van der Waals surface area contributed by atoms with Gasteiger partial charge in [0.25, 0.3) is 0 Å². The van der Waals surface area contributed by atoms with E-state index in [1.807, 2.05) is 24.0 Å². The maximum Gasteiger partial charge on any atom is 0.226 e. The Bertz CT molecular complexity index is 1660. The molecule has 3 aromatic carbocycles. The van der Waals surface area contributed by atoms with Crippen molar-refractivity contribution in [2.75, 3.05) is 18.0 Å². The number of fused-ring (bicyclic) bond motifs is 2. The highest BCUT2D eigenvalue weighted by atomic mass is 19.1. The minimum Gasteiger partial charge on any atom is -0.341 e. The van der Waals surface area contributed by atoms with Crippen LogP contribution in [0.4, 0.5) is 16.0 Å². The van der Waals surface area contributed by atoms with Gasteiger partial charge in [-0.15, -0.1) is 0 Å². The van der Waals surface area contributed by atoms with Gasteiger partial charge in [0, 0.05) is 42.5 Å². The van der Waals surface area contributed by atoms with Gasteiger partial charge in [-0.2, -0.15) is 5.10 Å². The van der Waals surface area contributed by atoms with Crippen molar-refractivity contribution < 1.29 is 4.39 Å². The minimum atomic E-state index is -0.557. The average molecular weight is 478 g/mol. The summed E-state index contributed by atoms with van der Waals surface area (Å²) in [6.07, 6.45) is 3.61. The highest BCUT2D eigenvalue weighted by Gasteiger charge is 2.21. The Balaban J connectivity index is 1.52. The number of nitrogens with zero attached hydrogens (tertiary/aromatic N) is 6. The van der Waals surface area contributed by atoms with Crippen LogP contribution in [-0.4, -0.2) is 38.9 Å². The van der Waals surface area contributed by atoms with Crippen molar-refractivity contribution in [1.82, 2.24) is 19.7 Å². The largest absolute Gasteiger partial charge is 0.341 e. The van der Waals surface area contributed by atoms with E-state index in [4.69, 9.17) is 22.3 Å². The third kappa shape index (κ3) is 3.84. The van der Waals surface area contributed by atoms with Gasteiger partial charge in [-0.05, 0) is 54.3 Å². The highest BCUT2D eigenvalue weighted by molar-refractivity contribution is 5.97. The van der Waals surface area contributed by atoms with Crippen molar-refractivity contribution in [3.63, 3.8) is 0 Å². The molecule has 0 spiro atoms. The standard InChI is InChI=1S/C28H24FN7/c1-31-25-7-4-19(15-23(25)29)27-22-14-18(17-5-8-26-20(13-17)16-32-35(26)2)3-6-24(22)33-28(34-27)36-11-9-21(30)10-12-36/h3-8,13-16,21H,9-12,30H2,2H3. The molecule has 2 aromatic heterocycles. The zero-order chi connectivity index (χ0) is 24.8. The van der Waals surface area contributed by atoms with Crippen LogP contribution >= 0.6 is 0 Å². The third-order valence-corrected chi connectivity index (χ3v) is 6.93. The molecule has 1 saturated heterocycles. The van der Waals surface area contributed by atoms with Gasteiger partial charge in [-0.25, -0.2) is 19.2 Å². The smallest absolute Gasteiger partial charge is 0.226 e. The summed E-state index contributed by atoms with van der Waals surface area (Å²) in [4.78, 5) is 15.2. The van der Waals surface area contributed by atoms with Gasteiger partial charge in [0.05, 0.1) is 29.5 Å². The SMILES string of the molecule is [C-]#[N+]c1ccc(-c2nc(N3CCC(N)CC3)nc3ccc(-c4ccc5c(cnn5C)c4)cc23)cc1F. The Kier molecular flexibility index (Phi) is 5.35. The van der Waals surface area contributed by atoms with Crippen molar-refractivity contribution in [2.45, 2.75) is 18.9 Å². The maximum atomic E-state index is 14.6. The normalized spacial score (nSPS) is 14.4. The van der Waals surface area contributed by atoms with Crippen LogP contribution in [0.1, 0.15) is 12.8 Å². The van der Waals surface area contributed by atoms with Crippen LogP contribution < -0.4 is 10.6 Å². The monoisotopic (exact) mass is 477 g/mol. The van der Waals surface area contributed by atoms with Gasteiger partial charge in [0.2, 0.25) is 11.6 Å². The van der Waals surface area contributed by atoms with Gasteiger partial charge in [0.1, 0.15) is 5.82 Å². The van der Waals surface area contributed by atoms with E-state index in [2.05, 4.69) is 45.2 Å². The number of benzene rings is 3. The number of halogens is 1. The Morgan fingerprint density at radius 2 is 1.72 bits per heavy atom. The Labute approximate surface area is 207 Å². The molecule has 1 aliphatic heterocycles. The first-order valence-corrected chi connectivity index (χ1v) is 11.9. The molecule has 2 N–H and O–H groups in total. The fraction of sp³-hybridized carbons (Fsp3) is 0.214. The fourth-order valence-corrected chi connectivity index (χ4v) is 4.84. The van der Waals surface area contributed by atoms with Crippen molar-refractivity contribution in [2.24, 2.45) is 12.8 Å². The molecule has 8 heteroatoms. The van der Waals surface area contributed by atoms with Crippen LogP contribution in [0.5, 0.6) is 0 Å². The molecule has 3 heterocycles. The van der Waals surface area contributed by atoms with Gasteiger partial charge in [-0.3, -0.25) is 4.68 Å². The van der Waals surface area contributed by atoms with Crippen LogP contribution in [0.2, 0.25) is 0 Å². The number of aromatic nitrogens is 4. The number of rotatable bonds is 3. The van der Waals surface area contributed by atoms with E-state index in [1.165, 1.54) is 12.1 Å². The number of nitrogens with two attached hydrogens (primary N) is 1. The minimum absolute atomic E-state index is 0.00665. The summed E-state index contributed by atoms with van der Waals surface area (Å²) in [5.41, 5.74) is 11.2. The first-order valence-electron chi connectivity index (χ1n) is 11.9. The summed E-state index contributed by atoms with van der Waals surface area (Å²) < 4.78 is 16.5. The van der Waals surface area contributed by atoms with Gasteiger partial charge in [0.15, 0.2) is 0 Å². The lowest BCUT2D eigenvalue weighted by Gasteiger charge is -2.30. The molecule has 0 unspecified atom stereocenters. The Hall–Kier alpha value is -4.35. The number of aryl methyl sites for hydroxylation is 1. The van der Waals surface area contributed by atoms with Crippen LogP contribution in [0.3, 0.4) is 0 Å². The van der Waals surface area contributed by atoms with Crippen molar-refractivity contribution in [3.05, 3.63) is 78.0 Å². The summed E-state index contributed by atoms with van der Waals surface area (Å²) in [6.45, 7) is 8.75. The fourth-order valence-electron chi connectivity index (χ4n) is 4.84. The van der Waals surface area contributed by atoms with E-state index in [0.717, 1.165) is 58.9 Å². The van der Waals surface area contributed by atoms with E-state index in [-0.39, 0.29) is 11.7 Å². The first-order chi connectivity index (χ1) is 17.5. The summed E-state index contributed by atoms with van der Waals surface area (Å²) in [5, 5.41) is 6.23.